The van der Waals surface area contributed by atoms with E-state index in [1.54, 1.807) is 14.2 Å². The van der Waals surface area contributed by atoms with Gasteiger partial charge in [0.15, 0.2) is 5.96 Å². The molecule has 0 amide bonds. The molecular weight excluding hydrogens is 431 g/mol. The summed E-state index contributed by atoms with van der Waals surface area (Å²) in [6.45, 7) is 3.75. The van der Waals surface area contributed by atoms with Crippen LogP contribution in [0.2, 0.25) is 0 Å². The molecule has 2 aromatic rings. The van der Waals surface area contributed by atoms with Crippen molar-refractivity contribution in [3.8, 4) is 11.5 Å². The Kier molecular flexibility index (Phi) is 9.48. The summed E-state index contributed by atoms with van der Waals surface area (Å²) in [4.78, 5) is 7.77. The summed E-state index contributed by atoms with van der Waals surface area (Å²) in [7, 11) is 3.32. The summed E-state index contributed by atoms with van der Waals surface area (Å²) in [6.07, 6.45) is 4.10. The van der Waals surface area contributed by atoms with Crippen LogP contribution in [0.15, 0.2) is 23.2 Å². The molecule has 0 unspecified atom stereocenters. The predicted molar refractivity (Wildman–Crippen MR) is 115 cm³/mol. The van der Waals surface area contributed by atoms with Gasteiger partial charge in [-0.25, -0.2) is 0 Å². The van der Waals surface area contributed by atoms with Gasteiger partial charge in [-0.15, -0.1) is 24.0 Å². The first-order valence-corrected chi connectivity index (χ1v) is 8.45. The van der Waals surface area contributed by atoms with Gasteiger partial charge >= 0.3 is 0 Å². The Labute approximate surface area is 166 Å². The number of nitrogens with one attached hydrogen (secondary N) is 2. The molecule has 7 heteroatoms. The molecule has 0 aliphatic carbocycles. The summed E-state index contributed by atoms with van der Waals surface area (Å²) >= 11 is 0. The van der Waals surface area contributed by atoms with E-state index in [2.05, 4.69) is 28.3 Å². The molecule has 0 spiro atoms. The minimum Gasteiger partial charge on any atom is -0.497 e. The first-order chi connectivity index (χ1) is 11.7. The van der Waals surface area contributed by atoms with E-state index in [0.29, 0.717) is 12.5 Å². The van der Waals surface area contributed by atoms with E-state index in [1.807, 2.05) is 12.1 Å². The number of aryl methyl sites for hydroxylation is 1. The zero-order valence-corrected chi connectivity index (χ0v) is 17.6. The summed E-state index contributed by atoms with van der Waals surface area (Å²) in [5, 5.41) is 4.19. The molecule has 0 radical (unpaired) electrons. The van der Waals surface area contributed by atoms with Crippen LogP contribution in [-0.2, 0) is 6.42 Å². The topological polar surface area (TPSA) is 84.7 Å². The molecule has 1 heterocycles. The molecule has 0 aliphatic rings. The van der Waals surface area contributed by atoms with Crippen molar-refractivity contribution in [2.75, 3.05) is 27.3 Å². The molecule has 0 saturated heterocycles. The molecule has 140 valence electrons. The summed E-state index contributed by atoms with van der Waals surface area (Å²) < 4.78 is 10.7. The van der Waals surface area contributed by atoms with Crippen LogP contribution in [0.4, 0.5) is 0 Å². The lowest BCUT2D eigenvalue weighted by Gasteiger charge is -2.04. The lowest BCUT2D eigenvalue weighted by Crippen LogP contribution is -2.32. The van der Waals surface area contributed by atoms with Crippen molar-refractivity contribution in [2.24, 2.45) is 10.7 Å². The van der Waals surface area contributed by atoms with Gasteiger partial charge in [0.1, 0.15) is 11.5 Å². The first kappa shape index (κ1) is 21.4. The molecule has 1 aromatic carbocycles. The molecule has 0 bridgehead atoms. The van der Waals surface area contributed by atoms with Crippen molar-refractivity contribution in [1.29, 1.82) is 0 Å². The maximum Gasteiger partial charge on any atom is 0.188 e. The smallest absolute Gasteiger partial charge is 0.188 e. The quantitative estimate of drug-likeness (QED) is 0.232. The number of aromatic nitrogens is 1. The molecule has 2 rings (SSSR count). The molecule has 0 saturated carbocycles. The maximum absolute atomic E-state index is 5.83. The Bertz CT molecular complexity index is 685. The second-order valence-corrected chi connectivity index (χ2v) is 5.74. The number of fused-ring (bicyclic) bond motifs is 1. The van der Waals surface area contributed by atoms with Crippen LogP contribution in [0.3, 0.4) is 0 Å². The van der Waals surface area contributed by atoms with Crippen LogP contribution in [0.1, 0.15) is 31.9 Å². The highest BCUT2D eigenvalue weighted by molar-refractivity contribution is 14.0. The van der Waals surface area contributed by atoms with Crippen molar-refractivity contribution >= 4 is 40.8 Å². The molecule has 0 aliphatic heterocycles. The molecule has 6 nitrogen and oxygen atoms in total. The molecular formula is C18H29IN4O2. The monoisotopic (exact) mass is 460 g/mol. The number of aromatic amines is 1. The van der Waals surface area contributed by atoms with Crippen LogP contribution >= 0.6 is 24.0 Å². The third kappa shape index (κ3) is 6.30. The summed E-state index contributed by atoms with van der Waals surface area (Å²) in [5.74, 6) is 2.13. The van der Waals surface area contributed by atoms with Crippen LogP contribution in [-0.4, -0.2) is 38.3 Å². The fourth-order valence-electron chi connectivity index (χ4n) is 2.58. The average molecular weight is 460 g/mol. The minimum atomic E-state index is 0. The Hall–Kier alpha value is -1.64. The number of methoxy groups -OCH3 is 2. The number of nitrogens with zero attached hydrogens (tertiary/aromatic N) is 1. The lowest BCUT2D eigenvalue weighted by molar-refractivity contribution is 0.398. The predicted octanol–water partition coefficient (Wildman–Crippen LogP) is 3.44. The number of guanidine groups is 1. The standard InChI is InChI=1S/C18H28N4O2.HI/c1-4-5-8-20-18(19)21-9-6-7-13-10-15-16(22-13)11-14(23-2)12-17(15)24-3;/h10-12,22H,4-9H2,1-3H3,(H3,19,20,21);1H. The number of nitrogens with two attached hydrogens (primary N) is 1. The first-order valence-electron chi connectivity index (χ1n) is 8.45. The number of hydrogen-bond acceptors (Lipinski definition) is 3. The van der Waals surface area contributed by atoms with Crippen LogP contribution in [0, 0.1) is 0 Å². The van der Waals surface area contributed by atoms with Crippen LogP contribution in [0.5, 0.6) is 11.5 Å². The number of aliphatic imine (C=N–C) groups is 1. The van der Waals surface area contributed by atoms with Crippen LogP contribution < -0.4 is 20.5 Å². The summed E-state index contributed by atoms with van der Waals surface area (Å²) in [6, 6.07) is 6.00. The van der Waals surface area contributed by atoms with Gasteiger partial charge in [0.05, 0.1) is 19.7 Å². The Morgan fingerprint density at radius 3 is 2.68 bits per heavy atom. The van der Waals surface area contributed by atoms with E-state index in [1.165, 1.54) is 0 Å². The number of benzene rings is 1. The van der Waals surface area contributed by atoms with Gasteiger partial charge in [-0.1, -0.05) is 13.3 Å². The Morgan fingerprint density at radius 1 is 1.20 bits per heavy atom. The molecule has 4 N–H and O–H groups in total. The molecule has 25 heavy (non-hydrogen) atoms. The Morgan fingerprint density at radius 2 is 2.00 bits per heavy atom. The third-order valence-electron chi connectivity index (χ3n) is 3.91. The second-order valence-electron chi connectivity index (χ2n) is 5.74. The van der Waals surface area contributed by atoms with Gasteiger partial charge in [-0.05, 0) is 25.3 Å². The number of rotatable bonds is 9. The third-order valence-corrected chi connectivity index (χ3v) is 3.91. The van der Waals surface area contributed by atoms with Crippen molar-refractivity contribution in [2.45, 2.75) is 32.6 Å². The fourth-order valence-corrected chi connectivity index (χ4v) is 2.58. The highest BCUT2D eigenvalue weighted by Crippen LogP contribution is 2.31. The van der Waals surface area contributed by atoms with Gasteiger partial charge in [0, 0.05) is 36.3 Å². The van der Waals surface area contributed by atoms with E-state index in [9.17, 15) is 0 Å². The largest absolute Gasteiger partial charge is 0.497 e. The highest BCUT2D eigenvalue weighted by atomic mass is 127. The van der Waals surface area contributed by atoms with Gasteiger partial charge in [-0.2, -0.15) is 0 Å². The molecule has 1 aromatic heterocycles. The second kappa shape index (κ2) is 11.1. The van der Waals surface area contributed by atoms with E-state index in [-0.39, 0.29) is 24.0 Å². The van der Waals surface area contributed by atoms with E-state index >= 15 is 0 Å². The number of H-pyrrole nitrogens is 1. The number of halogens is 1. The van der Waals surface area contributed by atoms with Gasteiger partial charge in [0.25, 0.3) is 0 Å². The van der Waals surface area contributed by atoms with E-state index in [0.717, 1.165) is 60.3 Å². The van der Waals surface area contributed by atoms with Crippen LogP contribution in [0.25, 0.3) is 10.9 Å². The number of unbranched alkanes of at least 4 members (excludes halogenated alkanes) is 1. The minimum absolute atomic E-state index is 0. The number of hydrogen-bond donors (Lipinski definition) is 3. The van der Waals surface area contributed by atoms with Crippen molar-refractivity contribution in [3.63, 3.8) is 0 Å². The van der Waals surface area contributed by atoms with E-state index < -0.39 is 0 Å². The maximum atomic E-state index is 5.83. The average Bonchev–Trinajstić information content (AvgIpc) is 3.00. The molecule has 0 atom stereocenters. The highest BCUT2D eigenvalue weighted by Gasteiger charge is 2.09. The molecule has 0 fully saturated rings. The van der Waals surface area contributed by atoms with Crippen molar-refractivity contribution in [1.82, 2.24) is 10.3 Å². The normalized spacial score (nSPS) is 11.2. The van der Waals surface area contributed by atoms with Gasteiger partial charge in [-0.3, -0.25) is 4.99 Å². The Balaban J connectivity index is 0.00000312. The van der Waals surface area contributed by atoms with Gasteiger partial charge < -0.3 is 25.5 Å². The lowest BCUT2D eigenvalue weighted by atomic mass is 10.2. The fraction of sp³-hybridized carbons (Fsp3) is 0.500. The van der Waals surface area contributed by atoms with Crippen molar-refractivity contribution in [3.05, 3.63) is 23.9 Å². The van der Waals surface area contributed by atoms with Crippen molar-refractivity contribution < 1.29 is 9.47 Å². The SMILES string of the molecule is CCCCNC(N)=NCCCc1cc2c(OC)cc(OC)cc2[nH]1.I. The zero-order chi connectivity index (χ0) is 17.4. The summed E-state index contributed by atoms with van der Waals surface area (Å²) in [5.41, 5.74) is 8.00. The van der Waals surface area contributed by atoms with Gasteiger partial charge in [0.2, 0.25) is 0 Å². The number of ether oxygens (including phenoxy) is 2. The zero-order valence-electron chi connectivity index (χ0n) is 15.2. The van der Waals surface area contributed by atoms with E-state index in [4.69, 9.17) is 15.2 Å².